The number of carbonyl (C=O) groups excluding carboxylic acids is 1. The van der Waals surface area contributed by atoms with Crippen LogP contribution in [-0.2, 0) is 23.5 Å². The molecule has 14 heteroatoms. The van der Waals surface area contributed by atoms with E-state index < -0.39 is 36.3 Å². The number of carbonyl (C=O) groups is 1. The minimum Gasteiger partial charge on any atom is -0.372 e. The maximum Gasteiger partial charge on any atom is 0.435 e. The van der Waals surface area contributed by atoms with E-state index in [0.29, 0.717) is 16.0 Å². The summed E-state index contributed by atoms with van der Waals surface area (Å²) < 4.78 is 81.0. The third kappa shape index (κ3) is 4.67. The van der Waals surface area contributed by atoms with Gasteiger partial charge in [-0.3, -0.25) is 4.79 Å². The Morgan fingerprint density at radius 2 is 1.80 bits per heavy atom. The summed E-state index contributed by atoms with van der Waals surface area (Å²) in [5.41, 5.74) is -1.93. The van der Waals surface area contributed by atoms with Gasteiger partial charge >= 0.3 is 12.4 Å². The molecule has 0 saturated heterocycles. The highest BCUT2D eigenvalue weighted by atomic mass is 35.5. The van der Waals surface area contributed by atoms with Crippen molar-refractivity contribution in [3.63, 3.8) is 0 Å². The summed E-state index contributed by atoms with van der Waals surface area (Å²) in [5.74, 6) is -0.813. The van der Waals surface area contributed by atoms with E-state index in [1.807, 2.05) is 5.32 Å². The maximum atomic E-state index is 14.2. The minimum absolute atomic E-state index is 0.0119. The van der Waals surface area contributed by atoms with E-state index in [-0.39, 0.29) is 39.4 Å². The lowest BCUT2D eigenvalue weighted by atomic mass is 9.89. The number of nitrogens with zero attached hydrogens (tertiary/aromatic N) is 2. The van der Waals surface area contributed by atoms with Crippen molar-refractivity contribution >= 4 is 46.3 Å². The molecule has 2 atom stereocenters. The number of halogens is 8. The Morgan fingerprint density at radius 1 is 1.17 bits per heavy atom. The average Bonchev–Trinajstić information content (AvgIpc) is 3.40. The fraction of sp³-hybridized carbons (Fsp3) is 0.429. The third-order valence-corrected chi connectivity index (χ3v) is 7.70. The van der Waals surface area contributed by atoms with E-state index in [1.165, 1.54) is 6.07 Å². The highest BCUT2D eigenvalue weighted by Crippen LogP contribution is 2.50. The normalized spacial score (nSPS) is 21.0. The Kier molecular flexibility index (Phi) is 6.46. The van der Waals surface area contributed by atoms with Crippen molar-refractivity contribution in [3.05, 3.63) is 54.7 Å². The van der Waals surface area contributed by atoms with Crippen LogP contribution in [0.15, 0.2) is 23.4 Å². The van der Waals surface area contributed by atoms with Gasteiger partial charge in [-0.15, -0.1) is 11.3 Å². The van der Waals surface area contributed by atoms with E-state index in [9.17, 15) is 31.1 Å². The zero-order valence-electron chi connectivity index (χ0n) is 18.1. The van der Waals surface area contributed by atoms with Crippen molar-refractivity contribution in [3.8, 4) is 0 Å². The van der Waals surface area contributed by atoms with Gasteiger partial charge in [0.15, 0.2) is 0 Å². The molecule has 0 fully saturated rings. The van der Waals surface area contributed by atoms with Gasteiger partial charge in [0.1, 0.15) is 11.9 Å². The number of thiophene rings is 1. The molecule has 0 spiro atoms. The van der Waals surface area contributed by atoms with Gasteiger partial charge in [-0.25, -0.2) is 0 Å². The first-order valence-electron chi connectivity index (χ1n) is 10.1. The molecular weight excluding hydrogens is 543 g/mol. The van der Waals surface area contributed by atoms with Crippen LogP contribution in [0.1, 0.15) is 44.6 Å². The molecule has 2 unspecified atom stereocenters. The van der Waals surface area contributed by atoms with E-state index in [1.54, 1.807) is 11.8 Å². The molecule has 1 N–H and O–H groups in total. The van der Waals surface area contributed by atoms with E-state index in [0.717, 1.165) is 30.4 Å². The van der Waals surface area contributed by atoms with Crippen LogP contribution in [0.4, 0.5) is 26.3 Å². The van der Waals surface area contributed by atoms with Crippen LogP contribution in [0.5, 0.6) is 0 Å². The van der Waals surface area contributed by atoms with Crippen LogP contribution in [0.3, 0.4) is 0 Å². The molecule has 0 saturated carbocycles. The standard InChI is InChI=1S/C21H17Cl2F6N3O2S/c1-9-14-7-32(8-15(14)35-17(9)18(33)30-10(2)20(24,25)26)16-6-19(34-31-16,21(27,28)29)11-3-12(22)5-13(23)4-11/h3-5,10H,6-8H2,1-2H3,(H,30,33). The topological polar surface area (TPSA) is 53.9 Å². The Morgan fingerprint density at radius 3 is 2.34 bits per heavy atom. The Hall–Kier alpha value is -2.18. The number of oxime groups is 1. The largest absolute Gasteiger partial charge is 0.435 e. The van der Waals surface area contributed by atoms with Gasteiger partial charge in [0.25, 0.3) is 11.5 Å². The molecule has 2 aliphatic rings. The molecule has 5 nitrogen and oxygen atoms in total. The first-order chi connectivity index (χ1) is 16.1. The molecule has 35 heavy (non-hydrogen) atoms. The predicted octanol–water partition coefficient (Wildman–Crippen LogP) is 6.55. The summed E-state index contributed by atoms with van der Waals surface area (Å²) in [6, 6.07) is 1.52. The summed E-state index contributed by atoms with van der Waals surface area (Å²) in [6.07, 6.45) is -10.1. The molecule has 0 aliphatic carbocycles. The highest BCUT2D eigenvalue weighted by Gasteiger charge is 2.63. The first-order valence-corrected chi connectivity index (χ1v) is 11.7. The third-order valence-electron chi connectivity index (χ3n) is 5.95. The number of amidine groups is 1. The lowest BCUT2D eigenvalue weighted by molar-refractivity contribution is -0.275. The zero-order chi connectivity index (χ0) is 25.9. The average molecular weight is 560 g/mol. The van der Waals surface area contributed by atoms with Crippen LogP contribution in [0, 0.1) is 6.92 Å². The van der Waals surface area contributed by atoms with Gasteiger partial charge in [-0.2, -0.15) is 26.3 Å². The first kappa shape index (κ1) is 25.9. The van der Waals surface area contributed by atoms with Gasteiger partial charge < -0.3 is 15.1 Å². The number of amides is 1. The smallest absolute Gasteiger partial charge is 0.372 e. The van der Waals surface area contributed by atoms with Crippen LogP contribution < -0.4 is 5.32 Å². The molecule has 4 rings (SSSR count). The second kappa shape index (κ2) is 8.74. The van der Waals surface area contributed by atoms with Gasteiger partial charge in [-0.05, 0) is 43.2 Å². The summed E-state index contributed by atoms with van der Waals surface area (Å²) in [4.78, 5) is 19.7. The molecule has 190 valence electrons. The SMILES string of the molecule is Cc1c(C(=O)NC(C)C(F)(F)F)sc2c1CN(C1=NOC(c3cc(Cl)cc(Cl)c3)(C(F)(F)F)C1)C2. The fourth-order valence-corrected chi connectivity index (χ4v) is 5.71. The predicted molar refractivity (Wildman–Crippen MR) is 119 cm³/mol. The zero-order valence-corrected chi connectivity index (χ0v) is 20.4. The summed E-state index contributed by atoms with van der Waals surface area (Å²) >= 11 is 12.8. The lowest BCUT2D eigenvalue weighted by Gasteiger charge is -2.30. The van der Waals surface area contributed by atoms with Gasteiger partial charge in [-0.1, -0.05) is 28.4 Å². The van der Waals surface area contributed by atoms with Crippen LogP contribution in [-0.4, -0.2) is 35.0 Å². The van der Waals surface area contributed by atoms with Crippen LogP contribution in [0.25, 0.3) is 0 Å². The number of alkyl halides is 6. The monoisotopic (exact) mass is 559 g/mol. The number of fused-ring (bicyclic) bond motifs is 1. The quantitative estimate of drug-likeness (QED) is 0.434. The van der Waals surface area contributed by atoms with E-state index in [4.69, 9.17) is 28.0 Å². The Labute approximate surface area is 209 Å². The second-order valence-electron chi connectivity index (χ2n) is 8.31. The molecular formula is C21H17Cl2F6N3O2S. The molecule has 1 amide bonds. The highest BCUT2D eigenvalue weighted by molar-refractivity contribution is 7.14. The van der Waals surface area contributed by atoms with Gasteiger partial charge in [0.05, 0.1) is 17.8 Å². The molecule has 3 heterocycles. The Bertz CT molecular complexity index is 1190. The molecule has 2 aromatic rings. The summed E-state index contributed by atoms with van der Waals surface area (Å²) in [7, 11) is 0. The molecule has 0 radical (unpaired) electrons. The number of benzene rings is 1. The number of hydrogen-bond donors (Lipinski definition) is 1. The second-order valence-corrected chi connectivity index (χ2v) is 10.3. The summed E-state index contributed by atoms with van der Waals surface area (Å²) in [5, 5.41) is 5.68. The summed E-state index contributed by atoms with van der Waals surface area (Å²) in [6.45, 7) is 2.70. The molecule has 1 aromatic heterocycles. The number of hydrogen-bond acceptors (Lipinski definition) is 5. The fourth-order valence-electron chi connectivity index (χ4n) is 3.95. The van der Waals surface area contributed by atoms with Gasteiger partial charge in [0, 0.05) is 27.0 Å². The van der Waals surface area contributed by atoms with Crippen molar-refractivity contribution in [2.45, 2.75) is 57.4 Å². The minimum atomic E-state index is -4.84. The van der Waals surface area contributed by atoms with Crippen molar-refractivity contribution < 1.29 is 36.0 Å². The van der Waals surface area contributed by atoms with Gasteiger partial charge in [0.2, 0.25) is 0 Å². The van der Waals surface area contributed by atoms with Crippen molar-refractivity contribution in [2.75, 3.05) is 0 Å². The van der Waals surface area contributed by atoms with Crippen molar-refractivity contribution in [1.29, 1.82) is 0 Å². The van der Waals surface area contributed by atoms with Crippen molar-refractivity contribution in [1.82, 2.24) is 10.2 Å². The van der Waals surface area contributed by atoms with Crippen LogP contribution >= 0.6 is 34.5 Å². The molecule has 2 aliphatic heterocycles. The number of nitrogens with one attached hydrogen (secondary N) is 1. The van der Waals surface area contributed by atoms with E-state index >= 15 is 0 Å². The molecule has 1 aromatic carbocycles. The maximum absolute atomic E-state index is 14.2. The number of rotatable bonds is 3. The Balaban J connectivity index is 1.53. The lowest BCUT2D eigenvalue weighted by Crippen LogP contribution is -2.44. The molecule has 0 bridgehead atoms. The van der Waals surface area contributed by atoms with Crippen molar-refractivity contribution in [2.24, 2.45) is 5.16 Å². The van der Waals surface area contributed by atoms with E-state index in [2.05, 4.69) is 5.16 Å². The van der Waals surface area contributed by atoms with Crippen LogP contribution in [0.2, 0.25) is 10.0 Å².